The predicted molar refractivity (Wildman–Crippen MR) is 133 cm³/mol. The number of aromatic nitrogens is 2. The van der Waals surface area contributed by atoms with Gasteiger partial charge in [0, 0.05) is 22.5 Å². The van der Waals surface area contributed by atoms with Crippen LogP contribution in [-0.2, 0) is 16.0 Å². The summed E-state index contributed by atoms with van der Waals surface area (Å²) in [6, 6.07) is 22.3. The van der Waals surface area contributed by atoms with Gasteiger partial charge in [0.2, 0.25) is 0 Å². The summed E-state index contributed by atoms with van der Waals surface area (Å²) in [6.45, 7) is 3.54. The lowest BCUT2D eigenvalue weighted by Gasteiger charge is -2.13. The first-order valence-electron chi connectivity index (χ1n) is 10.9. The summed E-state index contributed by atoms with van der Waals surface area (Å²) in [5.74, 6) is -1.04. The number of carbonyl (C=O) groups excluding carboxylic acids is 2. The number of carbonyl (C=O) groups is 2. The van der Waals surface area contributed by atoms with Crippen LogP contribution >= 0.6 is 11.6 Å². The number of anilines is 1. The number of esters is 1. The van der Waals surface area contributed by atoms with Crippen LogP contribution < -0.4 is 5.32 Å². The molecule has 0 bridgehead atoms. The maximum Gasteiger partial charge on any atom is 0.342 e. The SMILES string of the molecule is CCc1cccc(C)c1NC(=O)COC(=O)c1cn(-c2ccccc2)nc1-c1ccc(Cl)cc1. The van der Waals surface area contributed by atoms with Gasteiger partial charge in [-0.15, -0.1) is 0 Å². The molecule has 1 amide bonds. The molecular weight excluding hydrogens is 450 g/mol. The third kappa shape index (κ3) is 5.18. The fraction of sp³-hybridized carbons (Fsp3) is 0.148. The Balaban J connectivity index is 1.56. The van der Waals surface area contributed by atoms with Crippen molar-refractivity contribution < 1.29 is 14.3 Å². The van der Waals surface area contributed by atoms with Crippen molar-refractivity contribution in [3.63, 3.8) is 0 Å². The van der Waals surface area contributed by atoms with E-state index in [1.165, 1.54) is 0 Å². The molecule has 0 atom stereocenters. The van der Waals surface area contributed by atoms with E-state index in [1.807, 2.05) is 62.4 Å². The molecule has 3 aromatic carbocycles. The highest BCUT2D eigenvalue weighted by molar-refractivity contribution is 6.30. The number of aryl methyl sites for hydroxylation is 2. The molecule has 4 aromatic rings. The number of hydrogen-bond donors (Lipinski definition) is 1. The van der Waals surface area contributed by atoms with Gasteiger partial charge in [0.25, 0.3) is 5.91 Å². The first-order valence-corrected chi connectivity index (χ1v) is 11.3. The summed E-state index contributed by atoms with van der Waals surface area (Å²) in [6.07, 6.45) is 2.39. The van der Waals surface area contributed by atoms with E-state index in [4.69, 9.17) is 16.3 Å². The maximum absolute atomic E-state index is 13.0. The van der Waals surface area contributed by atoms with E-state index in [0.29, 0.717) is 16.3 Å². The maximum atomic E-state index is 13.0. The Kier molecular flexibility index (Phi) is 7.09. The van der Waals surface area contributed by atoms with E-state index in [9.17, 15) is 9.59 Å². The molecule has 4 rings (SSSR count). The Morgan fingerprint density at radius 2 is 1.74 bits per heavy atom. The topological polar surface area (TPSA) is 73.2 Å². The van der Waals surface area contributed by atoms with Gasteiger partial charge < -0.3 is 10.1 Å². The Morgan fingerprint density at radius 3 is 2.44 bits per heavy atom. The van der Waals surface area contributed by atoms with E-state index < -0.39 is 18.5 Å². The van der Waals surface area contributed by atoms with Crippen molar-refractivity contribution in [2.75, 3.05) is 11.9 Å². The van der Waals surface area contributed by atoms with Crippen molar-refractivity contribution in [2.24, 2.45) is 0 Å². The van der Waals surface area contributed by atoms with Crippen LogP contribution in [0, 0.1) is 6.92 Å². The zero-order valence-electron chi connectivity index (χ0n) is 18.9. The van der Waals surface area contributed by atoms with Gasteiger partial charge in [-0.2, -0.15) is 5.10 Å². The summed E-state index contributed by atoms with van der Waals surface area (Å²) < 4.78 is 6.99. The van der Waals surface area contributed by atoms with Crippen LogP contribution in [0.5, 0.6) is 0 Å². The Hall–Kier alpha value is -3.90. The molecule has 0 spiro atoms. The van der Waals surface area contributed by atoms with Crippen LogP contribution in [0.4, 0.5) is 5.69 Å². The third-order valence-corrected chi connectivity index (χ3v) is 5.66. The van der Waals surface area contributed by atoms with Gasteiger partial charge in [-0.25, -0.2) is 9.48 Å². The molecule has 1 aromatic heterocycles. The van der Waals surface area contributed by atoms with Gasteiger partial charge in [0.1, 0.15) is 11.3 Å². The lowest BCUT2D eigenvalue weighted by molar-refractivity contribution is -0.119. The molecule has 0 saturated heterocycles. The second-order valence-electron chi connectivity index (χ2n) is 7.77. The minimum absolute atomic E-state index is 0.254. The second kappa shape index (κ2) is 10.4. The minimum atomic E-state index is -0.636. The fourth-order valence-corrected chi connectivity index (χ4v) is 3.77. The Morgan fingerprint density at radius 1 is 1.00 bits per heavy atom. The van der Waals surface area contributed by atoms with Crippen molar-refractivity contribution in [3.8, 4) is 16.9 Å². The molecule has 1 heterocycles. The standard InChI is InChI=1S/C27H24ClN3O3/c1-3-19-9-7-8-18(2)25(19)29-24(32)17-34-27(33)23-16-31(22-10-5-4-6-11-22)30-26(23)20-12-14-21(28)15-13-20/h4-16H,3,17H2,1-2H3,(H,29,32). The molecule has 0 aliphatic heterocycles. The van der Waals surface area contributed by atoms with Crippen molar-refractivity contribution in [1.82, 2.24) is 9.78 Å². The molecular formula is C27H24ClN3O3. The minimum Gasteiger partial charge on any atom is -0.452 e. The number of rotatable bonds is 7. The van der Waals surface area contributed by atoms with E-state index in [2.05, 4.69) is 10.4 Å². The van der Waals surface area contributed by atoms with E-state index >= 15 is 0 Å². The van der Waals surface area contributed by atoms with Crippen molar-refractivity contribution >= 4 is 29.2 Å². The molecule has 1 N–H and O–H groups in total. The second-order valence-corrected chi connectivity index (χ2v) is 8.20. The molecule has 6 nitrogen and oxygen atoms in total. The Labute approximate surface area is 203 Å². The lowest BCUT2D eigenvalue weighted by atomic mass is 10.1. The van der Waals surface area contributed by atoms with Crippen molar-refractivity contribution in [1.29, 1.82) is 0 Å². The van der Waals surface area contributed by atoms with Crippen molar-refractivity contribution in [2.45, 2.75) is 20.3 Å². The van der Waals surface area contributed by atoms with E-state index in [0.717, 1.165) is 28.9 Å². The Bertz CT molecular complexity index is 1310. The molecule has 0 radical (unpaired) electrons. The van der Waals surface area contributed by atoms with Gasteiger partial charge in [-0.1, -0.05) is 67.1 Å². The van der Waals surface area contributed by atoms with Crippen LogP contribution in [0.3, 0.4) is 0 Å². The molecule has 0 unspecified atom stereocenters. The predicted octanol–water partition coefficient (Wildman–Crippen LogP) is 5.86. The van der Waals surface area contributed by atoms with Crippen LogP contribution in [-0.4, -0.2) is 28.3 Å². The van der Waals surface area contributed by atoms with Gasteiger partial charge >= 0.3 is 5.97 Å². The normalized spacial score (nSPS) is 10.7. The van der Waals surface area contributed by atoms with Gasteiger partial charge in [-0.05, 0) is 48.7 Å². The molecule has 0 aliphatic carbocycles. The largest absolute Gasteiger partial charge is 0.452 e. The van der Waals surface area contributed by atoms with Crippen LogP contribution in [0.25, 0.3) is 16.9 Å². The number of amides is 1. The fourth-order valence-electron chi connectivity index (χ4n) is 3.64. The summed E-state index contributed by atoms with van der Waals surface area (Å²) >= 11 is 6.02. The average Bonchev–Trinajstić information content (AvgIpc) is 3.30. The zero-order valence-corrected chi connectivity index (χ0v) is 19.7. The number of benzene rings is 3. The average molecular weight is 474 g/mol. The molecule has 0 aliphatic rings. The van der Waals surface area contributed by atoms with Crippen LogP contribution in [0.2, 0.25) is 5.02 Å². The highest BCUT2D eigenvalue weighted by Crippen LogP contribution is 2.26. The smallest absolute Gasteiger partial charge is 0.342 e. The van der Waals surface area contributed by atoms with Crippen LogP contribution in [0.1, 0.15) is 28.4 Å². The van der Waals surface area contributed by atoms with E-state index in [-0.39, 0.29) is 5.56 Å². The molecule has 172 valence electrons. The highest BCUT2D eigenvalue weighted by Gasteiger charge is 2.21. The summed E-state index contributed by atoms with van der Waals surface area (Å²) in [4.78, 5) is 25.6. The zero-order chi connectivity index (χ0) is 24.1. The van der Waals surface area contributed by atoms with Gasteiger partial charge in [-0.3, -0.25) is 4.79 Å². The lowest BCUT2D eigenvalue weighted by Crippen LogP contribution is -2.22. The summed E-state index contributed by atoms with van der Waals surface area (Å²) in [5, 5.41) is 8.05. The quantitative estimate of drug-likeness (QED) is 0.341. The third-order valence-electron chi connectivity index (χ3n) is 5.41. The first-order chi connectivity index (χ1) is 16.5. The van der Waals surface area contributed by atoms with E-state index in [1.54, 1.807) is 35.1 Å². The number of hydrogen-bond acceptors (Lipinski definition) is 4. The summed E-state index contributed by atoms with van der Waals surface area (Å²) in [7, 11) is 0. The van der Waals surface area contributed by atoms with Gasteiger partial charge in [0.05, 0.1) is 5.69 Å². The number of para-hydroxylation sites is 2. The highest BCUT2D eigenvalue weighted by atomic mass is 35.5. The van der Waals surface area contributed by atoms with Gasteiger partial charge in [0.15, 0.2) is 6.61 Å². The molecule has 0 saturated carbocycles. The number of nitrogens with one attached hydrogen (secondary N) is 1. The molecule has 0 fully saturated rings. The van der Waals surface area contributed by atoms with Crippen LogP contribution in [0.15, 0.2) is 79.0 Å². The number of nitrogens with zero attached hydrogens (tertiary/aromatic N) is 2. The first kappa shape index (κ1) is 23.3. The number of halogens is 1. The molecule has 34 heavy (non-hydrogen) atoms. The number of ether oxygens (including phenoxy) is 1. The summed E-state index contributed by atoms with van der Waals surface area (Å²) in [5.41, 5.74) is 4.93. The molecule has 7 heteroatoms. The van der Waals surface area contributed by atoms with Crippen molar-refractivity contribution in [3.05, 3.63) is 101 Å². The monoisotopic (exact) mass is 473 g/mol.